The summed E-state index contributed by atoms with van der Waals surface area (Å²) >= 11 is 0. The van der Waals surface area contributed by atoms with Gasteiger partial charge in [0.1, 0.15) is 24.3 Å². The van der Waals surface area contributed by atoms with Crippen molar-refractivity contribution in [2.75, 3.05) is 41.8 Å². The number of carboxylic acids is 1. The van der Waals surface area contributed by atoms with E-state index in [0.717, 1.165) is 53.6 Å². The Balaban J connectivity index is 1.24. The van der Waals surface area contributed by atoms with Gasteiger partial charge < -0.3 is 30.1 Å². The molecule has 1 saturated heterocycles. The highest BCUT2D eigenvalue weighted by Gasteiger charge is 2.24. The molecule has 3 N–H and O–H groups in total. The van der Waals surface area contributed by atoms with E-state index in [1.165, 1.54) is 0 Å². The number of aliphatic carboxylic acids is 1. The third kappa shape index (κ3) is 6.96. The van der Waals surface area contributed by atoms with Crippen LogP contribution in [-0.2, 0) is 4.79 Å². The monoisotopic (exact) mass is 540 g/mol. The van der Waals surface area contributed by atoms with Gasteiger partial charge in [-0.05, 0) is 62.2 Å². The second-order valence-electron chi connectivity index (χ2n) is 9.30. The molecule has 0 unspecified atom stereocenters. The zero-order valence-electron chi connectivity index (χ0n) is 22.3. The molecule has 0 bridgehead atoms. The molecule has 1 atom stereocenters. The molecule has 0 aliphatic carbocycles. The van der Waals surface area contributed by atoms with E-state index in [2.05, 4.69) is 20.5 Å². The van der Waals surface area contributed by atoms with Crippen LogP contribution in [0.15, 0.2) is 79.0 Å². The first-order valence-electron chi connectivity index (χ1n) is 13.3. The number of benzene rings is 2. The summed E-state index contributed by atoms with van der Waals surface area (Å²) in [4.78, 5) is 26.9. The van der Waals surface area contributed by atoms with Gasteiger partial charge in [-0.1, -0.05) is 30.3 Å². The quantitative estimate of drug-likeness (QED) is 0.233. The van der Waals surface area contributed by atoms with Crippen LogP contribution < -0.4 is 25.0 Å². The summed E-state index contributed by atoms with van der Waals surface area (Å²) in [7, 11) is 0. The third-order valence-corrected chi connectivity index (χ3v) is 6.40. The van der Waals surface area contributed by atoms with Crippen LogP contribution in [0.25, 0.3) is 11.3 Å². The molecule has 0 saturated carbocycles. The molecule has 1 fully saturated rings. The number of nitrogens with zero attached hydrogens (tertiary/aromatic N) is 4. The van der Waals surface area contributed by atoms with Crippen molar-refractivity contribution in [2.24, 2.45) is 0 Å². The molecule has 10 nitrogen and oxygen atoms in total. The van der Waals surface area contributed by atoms with E-state index in [4.69, 9.17) is 24.5 Å². The summed E-state index contributed by atoms with van der Waals surface area (Å²) in [6.45, 7) is 4.01. The number of rotatable bonds is 11. The normalized spacial score (nSPS) is 14.8. The summed E-state index contributed by atoms with van der Waals surface area (Å²) in [6.07, 6.45) is 3.71. The molecule has 1 aliphatic heterocycles. The first-order valence-corrected chi connectivity index (χ1v) is 13.3. The molecule has 40 heavy (non-hydrogen) atoms. The summed E-state index contributed by atoms with van der Waals surface area (Å²) in [5.74, 6) is 2.52. The molecule has 0 amide bonds. The Bertz CT molecular complexity index is 1430. The second kappa shape index (κ2) is 12.8. The maximum absolute atomic E-state index is 10.8. The minimum atomic E-state index is -0.910. The SMILES string of the molecule is CCOc1ccccc1O[C@@H]1CCCN(c2ccnc(Nc3cccc(-c4ccc(NCC(=O)O)cc4)n3)n2)C1. The van der Waals surface area contributed by atoms with Crippen LogP contribution in [-0.4, -0.2) is 58.4 Å². The third-order valence-electron chi connectivity index (χ3n) is 6.40. The Labute approximate surface area is 233 Å². The Morgan fingerprint density at radius 3 is 2.65 bits per heavy atom. The number of ether oxygens (including phenoxy) is 2. The van der Waals surface area contributed by atoms with Gasteiger partial charge in [0.05, 0.1) is 18.8 Å². The number of para-hydroxylation sites is 2. The van der Waals surface area contributed by atoms with Crippen molar-refractivity contribution in [3.05, 3.63) is 79.0 Å². The van der Waals surface area contributed by atoms with Crippen molar-refractivity contribution < 1.29 is 19.4 Å². The molecule has 2 aromatic heterocycles. The Kier molecular flexibility index (Phi) is 8.55. The lowest BCUT2D eigenvalue weighted by molar-refractivity contribution is -0.134. The van der Waals surface area contributed by atoms with Crippen molar-refractivity contribution in [1.29, 1.82) is 0 Å². The van der Waals surface area contributed by atoms with Gasteiger partial charge in [0, 0.05) is 24.0 Å². The number of pyridine rings is 1. The number of hydrogen-bond donors (Lipinski definition) is 3. The van der Waals surface area contributed by atoms with Gasteiger partial charge in [-0.3, -0.25) is 4.79 Å². The fraction of sp³-hybridized carbons (Fsp3) is 0.267. The van der Waals surface area contributed by atoms with Crippen LogP contribution in [0.1, 0.15) is 19.8 Å². The summed E-state index contributed by atoms with van der Waals surface area (Å²) in [5, 5.41) is 14.9. The lowest BCUT2D eigenvalue weighted by Gasteiger charge is -2.34. The minimum Gasteiger partial charge on any atom is -0.490 e. The lowest BCUT2D eigenvalue weighted by Crippen LogP contribution is -2.41. The number of carboxylic acid groups (broad SMARTS) is 1. The average Bonchev–Trinajstić information content (AvgIpc) is 2.98. The average molecular weight is 541 g/mol. The van der Waals surface area contributed by atoms with Crippen LogP contribution >= 0.6 is 0 Å². The molecule has 4 aromatic rings. The molecule has 206 valence electrons. The molecule has 0 radical (unpaired) electrons. The van der Waals surface area contributed by atoms with Gasteiger partial charge >= 0.3 is 5.97 Å². The number of anilines is 4. The molecule has 5 rings (SSSR count). The smallest absolute Gasteiger partial charge is 0.322 e. The largest absolute Gasteiger partial charge is 0.490 e. The summed E-state index contributed by atoms with van der Waals surface area (Å²) in [6, 6.07) is 22.8. The lowest BCUT2D eigenvalue weighted by atomic mass is 10.1. The zero-order chi connectivity index (χ0) is 27.7. The van der Waals surface area contributed by atoms with Gasteiger partial charge in [-0.2, -0.15) is 4.98 Å². The highest BCUT2D eigenvalue weighted by atomic mass is 16.5. The predicted octanol–water partition coefficient (Wildman–Crippen LogP) is 5.23. The maximum Gasteiger partial charge on any atom is 0.322 e. The van der Waals surface area contributed by atoms with Gasteiger partial charge in [0.15, 0.2) is 11.5 Å². The first kappa shape index (κ1) is 26.7. The van der Waals surface area contributed by atoms with Gasteiger partial charge in [0.2, 0.25) is 5.95 Å². The first-order chi connectivity index (χ1) is 19.6. The Morgan fingerprint density at radius 2 is 1.85 bits per heavy atom. The van der Waals surface area contributed by atoms with Gasteiger partial charge in [0.25, 0.3) is 0 Å². The van der Waals surface area contributed by atoms with Crippen LogP contribution in [0, 0.1) is 0 Å². The summed E-state index contributed by atoms with van der Waals surface area (Å²) in [5.41, 5.74) is 2.41. The van der Waals surface area contributed by atoms with E-state index in [9.17, 15) is 4.79 Å². The predicted molar refractivity (Wildman–Crippen MR) is 155 cm³/mol. The van der Waals surface area contributed by atoms with Gasteiger partial charge in [-0.15, -0.1) is 0 Å². The van der Waals surface area contributed by atoms with E-state index in [1.807, 2.05) is 79.7 Å². The molecule has 1 aliphatic rings. The van der Waals surface area contributed by atoms with Crippen molar-refractivity contribution in [2.45, 2.75) is 25.9 Å². The van der Waals surface area contributed by atoms with Crippen molar-refractivity contribution in [3.63, 3.8) is 0 Å². The number of carbonyl (C=O) groups is 1. The maximum atomic E-state index is 10.8. The number of hydrogen-bond acceptors (Lipinski definition) is 9. The van der Waals surface area contributed by atoms with Gasteiger partial charge in [-0.25, -0.2) is 9.97 Å². The van der Waals surface area contributed by atoms with Crippen molar-refractivity contribution in [3.8, 4) is 22.8 Å². The Morgan fingerprint density at radius 1 is 1.02 bits per heavy atom. The number of aromatic nitrogens is 3. The topological polar surface area (TPSA) is 122 Å². The molecule has 3 heterocycles. The second-order valence-corrected chi connectivity index (χ2v) is 9.30. The van der Waals surface area contributed by atoms with E-state index in [0.29, 0.717) is 24.9 Å². The molecule has 2 aromatic carbocycles. The molecule has 10 heteroatoms. The molecular weight excluding hydrogens is 508 g/mol. The number of nitrogens with one attached hydrogen (secondary N) is 2. The van der Waals surface area contributed by atoms with E-state index in [1.54, 1.807) is 6.20 Å². The molecular formula is C30H32N6O4. The fourth-order valence-electron chi connectivity index (χ4n) is 4.55. The van der Waals surface area contributed by atoms with Crippen molar-refractivity contribution in [1.82, 2.24) is 15.0 Å². The number of piperidine rings is 1. The summed E-state index contributed by atoms with van der Waals surface area (Å²) < 4.78 is 12.1. The van der Waals surface area contributed by atoms with Crippen molar-refractivity contribution >= 4 is 29.2 Å². The highest BCUT2D eigenvalue weighted by Crippen LogP contribution is 2.30. The van der Waals surface area contributed by atoms with E-state index < -0.39 is 5.97 Å². The standard InChI is InChI=1S/C30H32N6O4/c1-2-39-25-9-3-4-10-26(25)40-23-7-6-18-36(20-23)28-16-17-31-30(35-28)34-27-11-5-8-24(33-27)21-12-14-22(15-13-21)32-19-29(37)38/h3-5,8-17,23,32H,2,6-7,18-20H2,1H3,(H,37,38)(H,31,33,34,35)/t23-/m1/s1. The Hall–Kier alpha value is -4.86. The highest BCUT2D eigenvalue weighted by molar-refractivity contribution is 5.73. The molecule has 0 spiro atoms. The van der Waals surface area contributed by atoms with E-state index >= 15 is 0 Å². The van der Waals surface area contributed by atoms with Crippen LogP contribution in [0.5, 0.6) is 11.5 Å². The minimum absolute atomic E-state index is 0.0193. The van der Waals surface area contributed by atoms with Crippen LogP contribution in [0.4, 0.5) is 23.3 Å². The van der Waals surface area contributed by atoms with Crippen LogP contribution in [0.3, 0.4) is 0 Å². The fourth-order valence-corrected chi connectivity index (χ4v) is 4.55. The van der Waals surface area contributed by atoms with E-state index in [-0.39, 0.29) is 12.6 Å². The zero-order valence-corrected chi connectivity index (χ0v) is 22.3. The van der Waals surface area contributed by atoms with Crippen LogP contribution in [0.2, 0.25) is 0 Å².